The lowest BCUT2D eigenvalue weighted by Gasteiger charge is -2.18. The molecule has 1 aromatic carbocycles. The van der Waals surface area contributed by atoms with Crippen molar-refractivity contribution in [2.24, 2.45) is 0 Å². The Morgan fingerprint density at radius 1 is 1.45 bits per heavy atom. The summed E-state index contributed by atoms with van der Waals surface area (Å²) in [5.74, 6) is 1.82. The van der Waals surface area contributed by atoms with Gasteiger partial charge in [0.25, 0.3) is 0 Å². The number of likely N-dealkylation sites (N-methyl/N-ethyl adjacent to an activating group) is 1. The van der Waals surface area contributed by atoms with E-state index in [1.807, 2.05) is 18.9 Å². The maximum atomic E-state index is 11.8. The van der Waals surface area contributed by atoms with Crippen LogP contribution in [0.1, 0.15) is 36.8 Å². The smallest absolute Gasteiger partial charge is 0.222 e. The molecule has 3 nitrogen and oxygen atoms in total. The van der Waals surface area contributed by atoms with E-state index in [4.69, 9.17) is 4.74 Å². The number of rotatable bonds is 3. The van der Waals surface area contributed by atoms with E-state index >= 15 is 0 Å². The van der Waals surface area contributed by atoms with Crippen LogP contribution < -0.4 is 4.74 Å². The average Bonchev–Trinajstić information content (AvgIpc) is 3.03. The van der Waals surface area contributed by atoms with Gasteiger partial charge < -0.3 is 9.64 Å². The Morgan fingerprint density at radius 2 is 2.20 bits per heavy atom. The second-order valence-corrected chi connectivity index (χ2v) is 7.75. The summed E-state index contributed by atoms with van der Waals surface area (Å²) in [7, 11) is 1.94. The molecule has 1 aliphatic carbocycles. The van der Waals surface area contributed by atoms with Crippen molar-refractivity contribution < 1.29 is 9.53 Å². The van der Waals surface area contributed by atoms with Gasteiger partial charge in [-0.25, -0.2) is 0 Å². The van der Waals surface area contributed by atoms with Crippen LogP contribution in [0.15, 0.2) is 6.07 Å². The van der Waals surface area contributed by atoms with Crippen LogP contribution in [0.5, 0.6) is 5.75 Å². The van der Waals surface area contributed by atoms with Crippen molar-refractivity contribution in [1.82, 2.24) is 4.90 Å². The second-order valence-electron chi connectivity index (χ2n) is 5.43. The van der Waals surface area contributed by atoms with Crippen molar-refractivity contribution in [3.05, 3.63) is 24.3 Å². The summed E-state index contributed by atoms with van der Waals surface area (Å²) < 4.78 is 8.30. The van der Waals surface area contributed by atoms with Crippen LogP contribution in [0.4, 0.5) is 0 Å². The number of halogens is 2. The Morgan fingerprint density at radius 3 is 2.90 bits per heavy atom. The first-order valence-corrected chi connectivity index (χ1v) is 9.09. The first kappa shape index (κ1) is 14.9. The highest BCUT2D eigenvalue weighted by Gasteiger charge is 2.45. The van der Waals surface area contributed by atoms with Crippen molar-refractivity contribution >= 4 is 51.1 Å². The number of amides is 1. The molecule has 0 spiro atoms. The zero-order chi connectivity index (χ0) is 14.4. The molecule has 0 radical (unpaired) electrons. The maximum absolute atomic E-state index is 11.8. The van der Waals surface area contributed by atoms with E-state index < -0.39 is 0 Å². The predicted octanol–water partition coefficient (Wildman–Crippen LogP) is 3.56. The van der Waals surface area contributed by atoms with Gasteiger partial charge in [0.05, 0.1) is 10.2 Å². The van der Waals surface area contributed by atoms with Gasteiger partial charge in [-0.3, -0.25) is 4.79 Å². The lowest BCUT2D eigenvalue weighted by atomic mass is 10.0. The van der Waals surface area contributed by atoms with Crippen LogP contribution >= 0.6 is 45.2 Å². The molecule has 1 fully saturated rings. The molecule has 1 aliphatic heterocycles. The minimum atomic E-state index is 0.242. The molecule has 1 saturated carbocycles. The topological polar surface area (TPSA) is 29.5 Å². The van der Waals surface area contributed by atoms with E-state index in [2.05, 4.69) is 51.2 Å². The minimum Gasteiger partial charge on any atom is -0.492 e. The van der Waals surface area contributed by atoms with Crippen LogP contribution in [0.2, 0.25) is 0 Å². The first-order chi connectivity index (χ1) is 9.54. The van der Waals surface area contributed by atoms with Crippen LogP contribution in [-0.4, -0.2) is 30.5 Å². The number of fused-ring (bicyclic) bond motifs is 1. The van der Waals surface area contributed by atoms with E-state index in [-0.39, 0.29) is 5.91 Å². The monoisotopic (exact) mass is 497 g/mol. The van der Waals surface area contributed by atoms with Gasteiger partial charge in [0, 0.05) is 41.0 Å². The number of ether oxygens (including phenoxy) is 1. The summed E-state index contributed by atoms with van der Waals surface area (Å²) >= 11 is 4.78. The molecule has 0 saturated heterocycles. The van der Waals surface area contributed by atoms with Crippen LogP contribution in [-0.2, 0) is 11.2 Å². The van der Waals surface area contributed by atoms with E-state index in [1.165, 1.54) is 18.3 Å². The molecule has 0 aromatic heterocycles. The molecule has 1 amide bonds. The summed E-state index contributed by atoms with van der Waals surface area (Å²) in [4.78, 5) is 13.8. The molecule has 2 unspecified atom stereocenters. The van der Waals surface area contributed by atoms with Crippen LogP contribution in [0, 0.1) is 7.14 Å². The fourth-order valence-corrected chi connectivity index (χ4v) is 5.51. The number of benzene rings is 1. The molecule has 0 N–H and O–H groups in total. The van der Waals surface area contributed by atoms with Gasteiger partial charge in [0.1, 0.15) is 5.75 Å². The van der Waals surface area contributed by atoms with Crippen LogP contribution in [0.3, 0.4) is 0 Å². The highest BCUT2D eigenvalue weighted by molar-refractivity contribution is 14.1. The Hall–Kier alpha value is -0.0500. The zero-order valence-electron chi connectivity index (χ0n) is 11.6. The fourth-order valence-electron chi connectivity index (χ4n) is 3.08. The predicted molar refractivity (Wildman–Crippen MR) is 95.3 cm³/mol. The number of nitrogens with zero attached hydrogens (tertiary/aromatic N) is 1. The molecular formula is C15H17I2NO2. The van der Waals surface area contributed by atoms with E-state index in [1.54, 1.807) is 0 Å². The highest BCUT2D eigenvalue weighted by Crippen LogP contribution is 2.50. The van der Waals surface area contributed by atoms with Crippen molar-refractivity contribution in [2.45, 2.75) is 38.1 Å². The second kappa shape index (κ2) is 5.62. The van der Waals surface area contributed by atoms with Gasteiger partial charge in [-0.1, -0.05) is 6.92 Å². The Bertz CT molecular complexity index is 573. The lowest BCUT2D eigenvalue weighted by molar-refractivity contribution is -0.130. The molecule has 2 aliphatic rings. The molecule has 1 heterocycles. The quantitative estimate of drug-likeness (QED) is 0.599. The summed E-state index contributed by atoms with van der Waals surface area (Å²) in [6.07, 6.45) is 2.68. The molecule has 3 rings (SSSR count). The molecular weight excluding hydrogens is 480 g/mol. The maximum Gasteiger partial charge on any atom is 0.222 e. The van der Waals surface area contributed by atoms with E-state index in [9.17, 15) is 4.79 Å². The van der Waals surface area contributed by atoms with Crippen molar-refractivity contribution in [2.75, 3.05) is 13.7 Å². The van der Waals surface area contributed by atoms with Gasteiger partial charge in [-0.05, 0) is 63.2 Å². The van der Waals surface area contributed by atoms with Crippen molar-refractivity contribution in [3.63, 3.8) is 0 Å². The largest absolute Gasteiger partial charge is 0.492 e. The van der Waals surface area contributed by atoms with Gasteiger partial charge in [-0.2, -0.15) is 0 Å². The molecule has 2 atom stereocenters. The minimum absolute atomic E-state index is 0.242. The number of hydrogen-bond donors (Lipinski definition) is 0. The van der Waals surface area contributed by atoms with E-state index in [0.717, 1.165) is 25.2 Å². The van der Waals surface area contributed by atoms with Crippen molar-refractivity contribution in [3.8, 4) is 5.75 Å². The third-order valence-corrected chi connectivity index (χ3v) is 5.94. The molecule has 5 heteroatoms. The normalized spacial score (nSPS) is 23.2. The van der Waals surface area contributed by atoms with Gasteiger partial charge in [0.15, 0.2) is 0 Å². The summed E-state index contributed by atoms with van der Waals surface area (Å²) in [6.45, 7) is 2.72. The lowest BCUT2D eigenvalue weighted by Crippen LogP contribution is -2.29. The van der Waals surface area contributed by atoms with Crippen LogP contribution in [0.25, 0.3) is 0 Å². The fraction of sp³-hybridized carbons (Fsp3) is 0.533. The molecule has 1 aromatic rings. The zero-order valence-corrected chi connectivity index (χ0v) is 15.9. The number of carbonyl (C=O) groups is 1. The SMILES string of the molecule is CCC(=O)N(C)C1CC1c1c(I)cc(I)c2c1CCO2. The molecule has 108 valence electrons. The Balaban J connectivity index is 1.90. The highest BCUT2D eigenvalue weighted by atomic mass is 127. The first-order valence-electron chi connectivity index (χ1n) is 6.93. The van der Waals surface area contributed by atoms with Gasteiger partial charge in [0.2, 0.25) is 5.91 Å². The Labute approximate surface area is 146 Å². The third-order valence-electron chi connectivity index (χ3n) is 4.25. The summed E-state index contributed by atoms with van der Waals surface area (Å²) in [6, 6.07) is 2.58. The Kier molecular flexibility index (Phi) is 4.18. The van der Waals surface area contributed by atoms with Gasteiger partial charge in [-0.15, -0.1) is 0 Å². The molecule has 20 heavy (non-hydrogen) atoms. The van der Waals surface area contributed by atoms with E-state index in [0.29, 0.717) is 18.4 Å². The summed E-state index contributed by atoms with van der Waals surface area (Å²) in [5, 5.41) is 0. The van der Waals surface area contributed by atoms with Gasteiger partial charge >= 0.3 is 0 Å². The standard InChI is InChI=1S/C15H17I2NO2/c1-3-13(19)18(2)12-6-9(12)14-8-4-5-20-15(8)11(17)7-10(14)16/h7,9,12H,3-6H2,1-2H3. The number of carbonyl (C=O) groups excluding carboxylic acids is 1. The third kappa shape index (κ3) is 2.44. The average molecular weight is 497 g/mol. The number of hydrogen-bond acceptors (Lipinski definition) is 2. The molecule has 0 bridgehead atoms. The summed E-state index contributed by atoms with van der Waals surface area (Å²) in [5.41, 5.74) is 2.81. The van der Waals surface area contributed by atoms with Crippen molar-refractivity contribution in [1.29, 1.82) is 0 Å².